The Morgan fingerprint density at radius 3 is 2.39 bits per heavy atom. The minimum absolute atomic E-state index is 0.0137. The summed E-state index contributed by atoms with van der Waals surface area (Å²) >= 11 is 5.94. The zero-order valence-electron chi connectivity index (χ0n) is 18.7. The van der Waals surface area contributed by atoms with E-state index < -0.39 is 23.5 Å². The Labute approximate surface area is 210 Å². The lowest BCUT2D eigenvalue weighted by Gasteiger charge is -2.10. The molecule has 182 valence electrons. The smallest absolute Gasteiger partial charge is 0.272 e. The molecule has 0 aliphatic rings. The lowest BCUT2D eigenvalue weighted by atomic mass is 10.2. The van der Waals surface area contributed by atoms with E-state index in [1.165, 1.54) is 17.0 Å². The van der Waals surface area contributed by atoms with Crippen molar-refractivity contribution in [3.05, 3.63) is 107 Å². The predicted molar refractivity (Wildman–Crippen MR) is 132 cm³/mol. The molecule has 3 amide bonds. The number of aromatic nitrogens is 3. The zero-order valence-corrected chi connectivity index (χ0v) is 19.5. The molecule has 2 aromatic heterocycles. The van der Waals surface area contributed by atoms with Crippen molar-refractivity contribution in [2.24, 2.45) is 5.73 Å². The molecule has 11 heteroatoms. The number of anilines is 1. The number of rotatable bonds is 8. The molecule has 2 aromatic carbocycles. The highest BCUT2D eigenvalue weighted by atomic mass is 35.5. The van der Waals surface area contributed by atoms with Gasteiger partial charge in [-0.05, 0) is 66.6 Å². The molecule has 0 aliphatic heterocycles. The first kappa shape index (κ1) is 24.6. The maximum Gasteiger partial charge on any atom is 0.272 e. The van der Waals surface area contributed by atoms with E-state index in [9.17, 15) is 18.8 Å². The van der Waals surface area contributed by atoms with Gasteiger partial charge in [-0.1, -0.05) is 11.6 Å². The molecule has 4 rings (SSSR count). The van der Waals surface area contributed by atoms with E-state index in [0.29, 0.717) is 24.3 Å². The van der Waals surface area contributed by atoms with Crippen molar-refractivity contribution in [1.82, 2.24) is 19.9 Å². The number of benzene rings is 2. The van der Waals surface area contributed by atoms with Gasteiger partial charge >= 0.3 is 0 Å². The average Bonchev–Trinajstić information content (AvgIpc) is 3.31. The molecule has 0 aliphatic carbocycles. The van der Waals surface area contributed by atoms with Crippen LogP contribution in [0.5, 0.6) is 0 Å². The summed E-state index contributed by atoms with van der Waals surface area (Å²) in [4.78, 5) is 45.4. The quantitative estimate of drug-likeness (QED) is 0.337. The lowest BCUT2D eigenvalue weighted by Crippen LogP contribution is -2.29. The molecule has 0 atom stereocenters. The van der Waals surface area contributed by atoms with E-state index in [4.69, 9.17) is 17.3 Å². The number of pyridine rings is 1. The molecule has 2 heterocycles. The van der Waals surface area contributed by atoms with Crippen molar-refractivity contribution in [2.75, 3.05) is 11.9 Å². The minimum Gasteiger partial charge on any atom is -0.364 e. The van der Waals surface area contributed by atoms with Gasteiger partial charge < -0.3 is 16.4 Å². The van der Waals surface area contributed by atoms with Crippen molar-refractivity contribution >= 4 is 35.0 Å². The number of nitrogens with two attached hydrogens (primary N) is 1. The predicted octanol–water partition coefficient (Wildman–Crippen LogP) is 3.38. The highest BCUT2D eigenvalue weighted by Gasteiger charge is 2.23. The summed E-state index contributed by atoms with van der Waals surface area (Å²) in [6, 6.07) is 13.6. The van der Waals surface area contributed by atoms with Gasteiger partial charge in [-0.3, -0.25) is 23.9 Å². The number of amides is 3. The van der Waals surface area contributed by atoms with E-state index >= 15 is 0 Å². The number of nitrogens with zero attached hydrogens (tertiary/aromatic N) is 3. The Bertz CT molecular complexity index is 1420. The summed E-state index contributed by atoms with van der Waals surface area (Å²) in [6.45, 7) is 0.334. The van der Waals surface area contributed by atoms with Crippen molar-refractivity contribution in [3.8, 4) is 5.69 Å². The van der Waals surface area contributed by atoms with Crippen LogP contribution in [0.25, 0.3) is 5.69 Å². The Kier molecular flexibility index (Phi) is 7.36. The van der Waals surface area contributed by atoms with Gasteiger partial charge in [-0.25, -0.2) is 9.37 Å². The van der Waals surface area contributed by atoms with Crippen LogP contribution in [0.2, 0.25) is 5.02 Å². The number of hydrogen-bond acceptors (Lipinski definition) is 5. The Balaban J connectivity index is 1.47. The molecule has 0 spiro atoms. The monoisotopic (exact) mass is 506 g/mol. The van der Waals surface area contributed by atoms with Gasteiger partial charge in [0.1, 0.15) is 17.8 Å². The second-order valence-electron chi connectivity index (χ2n) is 7.66. The van der Waals surface area contributed by atoms with Gasteiger partial charge in [-0.2, -0.15) is 0 Å². The fraction of sp³-hybridized carbons (Fsp3) is 0.0800. The molecule has 0 unspecified atom stereocenters. The molecular weight excluding hydrogens is 487 g/mol. The molecule has 4 aromatic rings. The number of nitrogens with one attached hydrogen (secondary N) is 2. The van der Waals surface area contributed by atoms with Crippen LogP contribution in [0, 0.1) is 5.82 Å². The number of imidazole rings is 1. The molecule has 0 radical (unpaired) electrons. The van der Waals surface area contributed by atoms with Crippen LogP contribution >= 0.6 is 11.6 Å². The van der Waals surface area contributed by atoms with Gasteiger partial charge in [0, 0.05) is 30.3 Å². The van der Waals surface area contributed by atoms with Crippen LogP contribution in [0.1, 0.15) is 36.9 Å². The standard InChI is InChI=1S/C25H20ClFN6O3/c26-20-13-16(27)1-6-19(20)24(35)32-17-2-4-18(5-3-17)33-14-31-21(22(33)23(28)34)25(36)30-12-9-15-7-10-29-11-8-15/h1-8,10-11,13-14H,9,12H2,(H2,28,34)(H,30,36)(H,32,35). The van der Waals surface area contributed by atoms with Crippen LogP contribution in [0.3, 0.4) is 0 Å². The topological polar surface area (TPSA) is 132 Å². The first-order valence-corrected chi connectivity index (χ1v) is 11.1. The van der Waals surface area contributed by atoms with E-state index in [1.54, 1.807) is 36.7 Å². The second kappa shape index (κ2) is 10.8. The minimum atomic E-state index is -0.824. The fourth-order valence-electron chi connectivity index (χ4n) is 3.48. The maximum absolute atomic E-state index is 13.2. The SMILES string of the molecule is NC(=O)c1c(C(=O)NCCc2ccncc2)ncn1-c1ccc(NC(=O)c2ccc(F)cc2Cl)cc1. The van der Waals surface area contributed by atoms with E-state index in [1.807, 2.05) is 12.1 Å². The van der Waals surface area contributed by atoms with Crippen LogP contribution < -0.4 is 16.4 Å². The molecule has 0 bridgehead atoms. The van der Waals surface area contributed by atoms with E-state index in [0.717, 1.165) is 17.7 Å². The van der Waals surface area contributed by atoms with Crippen LogP contribution in [-0.4, -0.2) is 38.8 Å². The molecule has 0 saturated carbocycles. The number of primary amides is 1. The Hall–Kier alpha value is -4.57. The third kappa shape index (κ3) is 5.56. The Morgan fingerprint density at radius 2 is 1.72 bits per heavy atom. The summed E-state index contributed by atoms with van der Waals surface area (Å²) in [5, 5.41) is 5.39. The zero-order chi connectivity index (χ0) is 25.7. The summed E-state index contributed by atoms with van der Waals surface area (Å²) in [5.41, 5.74) is 7.42. The van der Waals surface area contributed by atoms with E-state index in [-0.39, 0.29) is 22.0 Å². The Morgan fingerprint density at radius 1 is 1.00 bits per heavy atom. The van der Waals surface area contributed by atoms with Crippen molar-refractivity contribution in [3.63, 3.8) is 0 Å². The highest BCUT2D eigenvalue weighted by Crippen LogP contribution is 2.21. The van der Waals surface area contributed by atoms with Crippen LogP contribution in [0.4, 0.5) is 10.1 Å². The van der Waals surface area contributed by atoms with Crippen LogP contribution in [-0.2, 0) is 6.42 Å². The second-order valence-corrected chi connectivity index (χ2v) is 8.07. The number of carbonyl (C=O) groups excluding carboxylic acids is 3. The first-order chi connectivity index (χ1) is 17.3. The number of hydrogen-bond donors (Lipinski definition) is 3. The van der Waals surface area contributed by atoms with Gasteiger partial charge in [0.05, 0.1) is 10.6 Å². The summed E-state index contributed by atoms with van der Waals surface area (Å²) < 4.78 is 14.6. The largest absolute Gasteiger partial charge is 0.364 e. The molecule has 0 fully saturated rings. The van der Waals surface area contributed by atoms with Gasteiger partial charge in [-0.15, -0.1) is 0 Å². The summed E-state index contributed by atoms with van der Waals surface area (Å²) in [7, 11) is 0. The van der Waals surface area contributed by atoms with Gasteiger partial charge in [0.2, 0.25) is 0 Å². The van der Waals surface area contributed by atoms with Crippen molar-refractivity contribution in [2.45, 2.75) is 6.42 Å². The normalized spacial score (nSPS) is 10.6. The van der Waals surface area contributed by atoms with Crippen molar-refractivity contribution in [1.29, 1.82) is 0 Å². The third-order valence-corrected chi connectivity index (χ3v) is 5.56. The van der Waals surface area contributed by atoms with Crippen LogP contribution in [0.15, 0.2) is 73.3 Å². The molecular formula is C25H20ClFN6O3. The molecule has 0 saturated heterocycles. The molecule has 36 heavy (non-hydrogen) atoms. The number of halogens is 2. The highest BCUT2D eigenvalue weighted by molar-refractivity contribution is 6.34. The first-order valence-electron chi connectivity index (χ1n) is 10.7. The van der Waals surface area contributed by atoms with E-state index in [2.05, 4.69) is 20.6 Å². The summed E-state index contributed by atoms with van der Waals surface area (Å²) in [6.07, 6.45) is 5.23. The third-order valence-electron chi connectivity index (χ3n) is 5.24. The number of carbonyl (C=O) groups is 3. The summed E-state index contributed by atoms with van der Waals surface area (Å²) in [5.74, 6) is -2.42. The lowest BCUT2D eigenvalue weighted by molar-refractivity contribution is 0.0930. The molecule has 9 nitrogen and oxygen atoms in total. The maximum atomic E-state index is 13.2. The van der Waals surface area contributed by atoms with Crippen molar-refractivity contribution < 1.29 is 18.8 Å². The average molecular weight is 507 g/mol. The molecule has 4 N–H and O–H groups in total. The van der Waals surface area contributed by atoms with Gasteiger partial charge in [0.15, 0.2) is 5.69 Å². The van der Waals surface area contributed by atoms with Gasteiger partial charge in [0.25, 0.3) is 17.7 Å². The fourth-order valence-corrected chi connectivity index (χ4v) is 3.73.